The zero-order valence-corrected chi connectivity index (χ0v) is 19.7. The summed E-state index contributed by atoms with van der Waals surface area (Å²) in [4.78, 5) is 22.2. The molecular formula is C26H29N7O. The number of hydrogen-bond acceptors (Lipinski definition) is 5. The van der Waals surface area contributed by atoms with E-state index in [4.69, 9.17) is 4.98 Å². The SMILES string of the molecule is Cc1cc(Cc2cc(C)[nH]n2)nc(C2CC(C(=O)N[C@@H](C)c3ccc(-n4cccn4)nc3)C2)c1. The van der Waals surface area contributed by atoms with Crippen molar-refractivity contribution in [1.82, 2.24) is 35.3 Å². The Morgan fingerprint density at radius 1 is 1.21 bits per heavy atom. The Morgan fingerprint density at radius 3 is 2.74 bits per heavy atom. The number of carbonyl (C=O) groups is 1. The molecule has 4 aromatic rings. The second-order valence-electron chi connectivity index (χ2n) is 9.28. The van der Waals surface area contributed by atoms with E-state index in [1.807, 2.05) is 38.2 Å². The highest BCUT2D eigenvalue weighted by atomic mass is 16.2. The van der Waals surface area contributed by atoms with Gasteiger partial charge in [0.05, 0.1) is 11.7 Å². The highest BCUT2D eigenvalue weighted by molar-refractivity contribution is 5.80. The summed E-state index contributed by atoms with van der Waals surface area (Å²) in [6, 6.07) is 12.0. The van der Waals surface area contributed by atoms with Crippen LogP contribution in [0.5, 0.6) is 0 Å². The van der Waals surface area contributed by atoms with Gasteiger partial charge in [-0.2, -0.15) is 10.2 Å². The van der Waals surface area contributed by atoms with Crippen LogP contribution < -0.4 is 5.32 Å². The molecule has 0 saturated heterocycles. The molecule has 34 heavy (non-hydrogen) atoms. The largest absolute Gasteiger partial charge is 0.349 e. The van der Waals surface area contributed by atoms with E-state index in [9.17, 15) is 4.79 Å². The number of nitrogens with zero attached hydrogens (tertiary/aromatic N) is 5. The topological polar surface area (TPSA) is 101 Å². The minimum Gasteiger partial charge on any atom is -0.349 e. The molecule has 1 aliphatic rings. The van der Waals surface area contributed by atoms with Crippen molar-refractivity contribution in [2.45, 2.75) is 52.0 Å². The highest BCUT2D eigenvalue weighted by Crippen LogP contribution is 2.41. The average molecular weight is 456 g/mol. The van der Waals surface area contributed by atoms with Crippen LogP contribution in [0, 0.1) is 19.8 Å². The van der Waals surface area contributed by atoms with Gasteiger partial charge < -0.3 is 5.32 Å². The summed E-state index contributed by atoms with van der Waals surface area (Å²) in [5.74, 6) is 1.19. The Balaban J connectivity index is 1.17. The van der Waals surface area contributed by atoms with Gasteiger partial charge >= 0.3 is 0 Å². The van der Waals surface area contributed by atoms with Crippen molar-refractivity contribution in [2.24, 2.45) is 5.92 Å². The van der Waals surface area contributed by atoms with Gasteiger partial charge in [0.2, 0.25) is 5.91 Å². The fourth-order valence-electron chi connectivity index (χ4n) is 4.50. The molecule has 1 aliphatic carbocycles. The monoisotopic (exact) mass is 455 g/mol. The number of carbonyl (C=O) groups excluding carboxylic acids is 1. The Morgan fingerprint density at radius 2 is 2.06 bits per heavy atom. The molecule has 0 radical (unpaired) electrons. The molecule has 4 aromatic heterocycles. The number of amides is 1. The van der Waals surface area contributed by atoms with Gasteiger partial charge in [0.1, 0.15) is 0 Å². The van der Waals surface area contributed by atoms with Crippen molar-refractivity contribution in [3.05, 3.63) is 88.9 Å². The maximum Gasteiger partial charge on any atom is 0.223 e. The van der Waals surface area contributed by atoms with Crippen LogP contribution in [0.4, 0.5) is 0 Å². The smallest absolute Gasteiger partial charge is 0.223 e. The van der Waals surface area contributed by atoms with E-state index in [1.165, 1.54) is 5.56 Å². The zero-order chi connectivity index (χ0) is 23.7. The number of hydrogen-bond donors (Lipinski definition) is 2. The molecule has 1 atom stereocenters. The number of pyridine rings is 2. The molecule has 4 heterocycles. The molecular weight excluding hydrogens is 426 g/mol. The lowest BCUT2D eigenvalue weighted by Gasteiger charge is -2.35. The fourth-order valence-corrected chi connectivity index (χ4v) is 4.50. The molecule has 0 aliphatic heterocycles. The van der Waals surface area contributed by atoms with Crippen LogP contribution in [0.15, 0.2) is 55.0 Å². The van der Waals surface area contributed by atoms with Crippen LogP contribution in [0.1, 0.15) is 65.6 Å². The third-order valence-corrected chi connectivity index (χ3v) is 6.46. The third kappa shape index (κ3) is 4.76. The highest BCUT2D eigenvalue weighted by Gasteiger charge is 2.36. The standard InChI is InChI=1S/C26H29N7O/c1-16-9-22(14-23-11-17(2)31-32-23)30-24(10-16)20-12-21(13-20)26(34)29-18(3)19-5-6-25(27-15-19)33-8-4-7-28-33/h4-11,15,18,20-21H,12-14H2,1-3H3,(H,29,34)(H,31,32)/t18-,20?,21?/m0/s1. The molecule has 0 spiro atoms. The first kappa shape index (κ1) is 22.0. The molecule has 8 heteroatoms. The van der Waals surface area contributed by atoms with Gasteiger partial charge in [-0.25, -0.2) is 9.67 Å². The van der Waals surface area contributed by atoms with Gasteiger partial charge in [-0.05, 0) is 75.1 Å². The maximum absolute atomic E-state index is 12.8. The zero-order valence-electron chi connectivity index (χ0n) is 19.7. The number of aromatic amines is 1. The molecule has 174 valence electrons. The van der Waals surface area contributed by atoms with E-state index in [2.05, 4.69) is 50.7 Å². The number of aryl methyl sites for hydroxylation is 2. The Bertz CT molecular complexity index is 1270. The van der Waals surface area contributed by atoms with Crippen LogP contribution in [0.3, 0.4) is 0 Å². The van der Waals surface area contributed by atoms with E-state index in [0.29, 0.717) is 12.3 Å². The minimum absolute atomic E-state index is 0.0171. The van der Waals surface area contributed by atoms with E-state index in [0.717, 1.165) is 47.0 Å². The average Bonchev–Trinajstić information content (AvgIpc) is 3.44. The first-order valence-corrected chi connectivity index (χ1v) is 11.7. The van der Waals surface area contributed by atoms with Crippen molar-refractivity contribution < 1.29 is 4.79 Å². The van der Waals surface area contributed by atoms with Crippen LogP contribution in [0.2, 0.25) is 0 Å². The van der Waals surface area contributed by atoms with E-state index in [-0.39, 0.29) is 17.9 Å². The summed E-state index contributed by atoms with van der Waals surface area (Å²) in [5, 5.41) is 14.7. The van der Waals surface area contributed by atoms with Crippen LogP contribution in [-0.2, 0) is 11.2 Å². The van der Waals surface area contributed by atoms with Gasteiger partial charge in [-0.15, -0.1) is 0 Å². The molecule has 1 fully saturated rings. The number of nitrogens with one attached hydrogen (secondary N) is 2. The van der Waals surface area contributed by atoms with Gasteiger partial charge in [0, 0.05) is 53.9 Å². The van der Waals surface area contributed by atoms with Gasteiger partial charge in [-0.3, -0.25) is 14.9 Å². The Labute approximate surface area is 198 Å². The fraction of sp³-hybridized carbons (Fsp3) is 0.346. The van der Waals surface area contributed by atoms with Crippen molar-refractivity contribution in [1.29, 1.82) is 0 Å². The lowest BCUT2D eigenvalue weighted by molar-refractivity contribution is -0.128. The van der Waals surface area contributed by atoms with Crippen LogP contribution in [0.25, 0.3) is 5.82 Å². The summed E-state index contributed by atoms with van der Waals surface area (Å²) in [5.41, 5.74) is 6.31. The second-order valence-corrected chi connectivity index (χ2v) is 9.28. The summed E-state index contributed by atoms with van der Waals surface area (Å²) in [7, 11) is 0. The summed E-state index contributed by atoms with van der Waals surface area (Å²) in [6.07, 6.45) is 7.73. The Kier molecular flexibility index (Phi) is 5.96. The van der Waals surface area contributed by atoms with Gasteiger partial charge in [0.25, 0.3) is 0 Å². The lowest BCUT2D eigenvalue weighted by Crippen LogP contribution is -2.39. The van der Waals surface area contributed by atoms with Crippen molar-refractivity contribution in [3.63, 3.8) is 0 Å². The minimum atomic E-state index is -0.105. The third-order valence-electron chi connectivity index (χ3n) is 6.46. The van der Waals surface area contributed by atoms with E-state index in [1.54, 1.807) is 17.1 Å². The van der Waals surface area contributed by atoms with Crippen molar-refractivity contribution in [2.75, 3.05) is 0 Å². The van der Waals surface area contributed by atoms with E-state index >= 15 is 0 Å². The summed E-state index contributed by atoms with van der Waals surface area (Å²) < 4.78 is 1.71. The normalized spacial score (nSPS) is 18.3. The quantitative estimate of drug-likeness (QED) is 0.439. The molecule has 2 N–H and O–H groups in total. The summed E-state index contributed by atoms with van der Waals surface area (Å²) in [6.45, 7) is 6.09. The number of H-pyrrole nitrogens is 1. The number of rotatable bonds is 7. The first-order valence-electron chi connectivity index (χ1n) is 11.7. The predicted molar refractivity (Wildman–Crippen MR) is 128 cm³/mol. The first-order chi connectivity index (χ1) is 16.4. The van der Waals surface area contributed by atoms with Gasteiger partial charge in [0.15, 0.2) is 5.82 Å². The molecule has 1 amide bonds. The molecule has 8 nitrogen and oxygen atoms in total. The van der Waals surface area contributed by atoms with Gasteiger partial charge in [-0.1, -0.05) is 6.07 Å². The lowest BCUT2D eigenvalue weighted by atomic mass is 9.72. The molecule has 5 rings (SSSR count). The van der Waals surface area contributed by atoms with Crippen LogP contribution >= 0.6 is 0 Å². The molecule has 0 bridgehead atoms. The molecule has 0 unspecified atom stereocenters. The van der Waals surface area contributed by atoms with Crippen LogP contribution in [-0.4, -0.2) is 35.9 Å². The molecule has 0 aromatic carbocycles. The van der Waals surface area contributed by atoms with Crippen molar-refractivity contribution in [3.8, 4) is 5.82 Å². The van der Waals surface area contributed by atoms with Crippen molar-refractivity contribution >= 4 is 5.91 Å². The maximum atomic E-state index is 12.8. The Hall–Kier alpha value is -3.81. The van der Waals surface area contributed by atoms with E-state index < -0.39 is 0 Å². The second kappa shape index (κ2) is 9.21. The number of aromatic nitrogens is 6. The predicted octanol–water partition coefficient (Wildman–Crippen LogP) is 3.96. The molecule has 1 saturated carbocycles. The summed E-state index contributed by atoms with van der Waals surface area (Å²) >= 11 is 0.